The molecule has 0 bridgehead atoms. The summed E-state index contributed by atoms with van der Waals surface area (Å²) in [5.41, 5.74) is 1.05. The Bertz CT molecular complexity index is 1720. The van der Waals surface area contributed by atoms with Crippen LogP contribution in [0.25, 0.3) is 10.2 Å². The van der Waals surface area contributed by atoms with Crippen LogP contribution in [0.15, 0.2) is 42.8 Å². The van der Waals surface area contributed by atoms with Crippen molar-refractivity contribution in [2.75, 3.05) is 6.61 Å². The Morgan fingerprint density at radius 2 is 1.33 bits per heavy atom. The van der Waals surface area contributed by atoms with E-state index >= 15 is 0 Å². The summed E-state index contributed by atoms with van der Waals surface area (Å²) in [6.45, 7) is 2.19. The average molecular weight is 2110 g/mol. The Kier molecular flexibility index (Phi) is 39.6. The molecule has 5 heterocycles. The molecule has 0 atom stereocenters. The second-order valence-corrected chi connectivity index (χ2v) is 61.8. The number of esters is 1. The second-order valence-electron chi connectivity index (χ2n) is 7.46. The van der Waals surface area contributed by atoms with Crippen molar-refractivity contribution in [2.45, 2.75) is 6.92 Å². The van der Waals surface area contributed by atoms with Gasteiger partial charge >= 0.3 is 120 Å². The number of hydrogen-bond acceptors (Lipinski definition) is 9. The minimum absolute atomic E-state index is 0.273. The van der Waals surface area contributed by atoms with E-state index in [4.69, 9.17) is 4.74 Å². The SMILES string of the molecule is Brc1n[nH]c(Br)c1Br.CCOC(=O)c1cc2c(Br)nn(C)c2s1.Cn1nc(Br)c(C=O)c1Br.II.O=Cc1c(Br)n[nH]c1Br.[I][V]([I])[I].[I][V][I]. The van der Waals surface area contributed by atoms with Crippen LogP contribution in [0.2, 0.25) is 0 Å². The number of halogens is 15. The van der Waals surface area contributed by atoms with Gasteiger partial charge in [0.15, 0.2) is 12.6 Å². The van der Waals surface area contributed by atoms with E-state index in [9.17, 15) is 14.4 Å². The van der Waals surface area contributed by atoms with E-state index in [1.807, 2.05) is 7.05 Å². The quantitative estimate of drug-likeness (QED) is 0.102. The fourth-order valence-electron chi connectivity index (χ4n) is 2.59. The maximum absolute atomic E-state index is 11.5. The Morgan fingerprint density at radius 1 is 0.863 bits per heavy atom. The number of nitrogens with one attached hydrogen (secondary N) is 2. The molecule has 51 heavy (non-hydrogen) atoms. The van der Waals surface area contributed by atoms with Crippen molar-refractivity contribution in [2.24, 2.45) is 14.1 Å². The van der Waals surface area contributed by atoms with Crippen molar-refractivity contribution >= 4 is 305 Å². The molecule has 0 aromatic carbocycles. The number of carbonyl (C=O) groups is 3. The molecule has 0 unspecified atom stereocenters. The fourth-order valence-corrected chi connectivity index (χ4v) is 7.39. The van der Waals surface area contributed by atoms with E-state index < -0.39 is 0 Å². The zero-order valence-corrected chi connectivity index (χ0v) is 56.1. The summed E-state index contributed by atoms with van der Waals surface area (Å²) in [5, 5.41) is 21.9. The van der Waals surface area contributed by atoms with Gasteiger partial charge in [0.1, 0.15) is 41.9 Å². The van der Waals surface area contributed by atoms with Gasteiger partial charge in [0.25, 0.3) is 0 Å². The molecule has 0 aliphatic heterocycles. The van der Waals surface area contributed by atoms with E-state index in [1.54, 1.807) is 29.4 Å². The molecule has 0 amide bonds. The van der Waals surface area contributed by atoms with Crippen LogP contribution in [0.4, 0.5) is 0 Å². The number of aldehydes is 2. The van der Waals surface area contributed by atoms with Gasteiger partial charge in [-0.1, -0.05) is 0 Å². The summed E-state index contributed by atoms with van der Waals surface area (Å²) in [7, 11) is 4.23. The molecule has 12 nitrogen and oxygen atoms in total. The summed E-state index contributed by atoms with van der Waals surface area (Å²) in [6, 6.07) is 1.80. The van der Waals surface area contributed by atoms with Gasteiger partial charge in [-0.05, 0) is 140 Å². The number of carbonyl (C=O) groups excluding carboxylic acids is 3. The summed E-state index contributed by atoms with van der Waals surface area (Å²) in [5.74, 6) is -0.273. The van der Waals surface area contributed by atoms with Crippen molar-refractivity contribution in [3.05, 3.63) is 58.8 Å². The van der Waals surface area contributed by atoms with Gasteiger partial charge in [-0.15, -0.1) is 11.3 Å². The van der Waals surface area contributed by atoms with E-state index in [0.717, 1.165) is 41.1 Å². The van der Waals surface area contributed by atoms with Crippen LogP contribution in [-0.4, -0.2) is 65.1 Å². The summed E-state index contributed by atoms with van der Waals surface area (Å²) >= 11 is 43.3. The monoisotopic (exact) mass is 2100 g/mol. The maximum atomic E-state index is 11.5. The number of ether oxygens (including phenoxy) is 1. The number of rotatable bonds is 4. The number of nitrogens with zero attached hydrogens (tertiary/aromatic N) is 6. The van der Waals surface area contributed by atoms with Crippen LogP contribution in [0.1, 0.15) is 37.3 Å². The third-order valence-electron chi connectivity index (χ3n) is 4.48. The van der Waals surface area contributed by atoms with Crippen molar-refractivity contribution < 1.29 is 33.5 Å². The third-order valence-corrected chi connectivity index (χ3v) is 12.0. The van der Waals surface area contributed by atoms with Crippen molar-refractivity contribution in [1.29, 1.82) is 0 Å². The zero-order valence-electron chi connectivity index (χ0n) is 24.7. The second kappa shape index (κ2) is 34.3. The number of H-pyrrole nitrogens is 2. The van der Waals surface area contributed by atoms with Gasteiger partial charge in [-0.3, -0.25) is 29.2 Å². The Balaban J connectivity index is 0. The summed E-state index contributed by atoms with van der Waals surface area (Å²) < 4.78 is 13.9. The molecular weight excluding hydrogens is 2090 g/mol. The van der Waals surface area contributed by atoms with Crippen LogP contribution in [0.5, 0.6) is 0 Å². The molecule has 0 aliphatic carbocycles. The normalized spacial score (nSPS) is 9.47. The zero-order chi connectivity index (χ0) is 40.0. The molecule has 2 N–H and O–H groups in total. The molecule has 0 fully saturated rings. The number of aromatic nitrogens is 8. The molecule has 5 rings (SSSR count). The molecule has 285 valence electrons. The van der Waals surface area contributed by atoms with Crippen LogP contribution in [0.3, 0.4) is 0 Å². The van der Waals surface area contributed by atoms with Gasteiger partial charge in [0, 0.05) is 56.7 Å². The topological polar surface area (TPSA) is 153 Å². The average Bonchev–Trinajstić information content (AvgIpc) is 3.86. The van der Waals surface area contributed by atoms with E-state index in [-0.39, 0.29) is 10.9 Å². The molecular formula is C21H16Br8I7N8O4SV2. The van der Waals surface area contributed by atoms with E-state index in [0.29, 0.717) is 50.5 Å². The summed E-state index contributed by atoms with van der Waals surface area (Å²) in [4.78, 5) is 33.3. The molecule has 30 heteroatoms. The van der Waals surface area contributed by atoms with Crippen LogP contribution in [0, 0.1) is 0 Å². The molecule has 0 radical (unpaired) electrons. The van der Waals surface area contributed by atoms with Crippen LogP contribution < -0.4 is 0 Å². The molecule has 0 saturated heterocycles. The molecule has 5 aromatic rings. The van der Waals surface area contributed by atoms with E-state index in [1.165, 1.54) is 11.3 Å². The van der Waals surface area contributed by atoms with Crippen molar-refractivity contribution in [1.82, 2.24) is 40.0 Å². The molecule has 0 saturated carbocycles. The first-order valence-electron chi connectivity index (χ1n) is 11.8. The number of fused-ring (bicyclic) bond motifs is 1. The number of aromatic amines is 2. The van der Waals surface area contributed by atoms with Gasteiger partial charge in [-0.25, -0.2) is 4.79 Å². The predicted octanol–water partition coefficient (Wildman–Crippen LogP) is 15.0. The fraction of sp³-hybridized carbons (Fsp3) is 0.190. The van der Waals surface area contributed by atoms with Crippen molar-refractivity contribution in [3.8, 4) is 0 Å². The Labute approximate surface area is 454 Å². The minimum atomic E-state index is -0.278. The number of thiophene rings is 1. The first-order valence-corrected chi connectivity index (χ1v) is 47.7. The predicted molar refractivity (Wildman–Crippen MR) is 285 cm³/mol. The molecule has 0 spiro atoms. The van der Waals surface area contributed by atoms with Crippen LogP contribution >= 0.6 is 276 Å². The number of aryl methyl sites for hydroxylation is 2. The van der Waals surface area contributed by atoms with Gasteiger partial charge < -0.3 is 4.74 Å². The first-order chi connectivity index (χ1) is 23.9. The van der Waals surface area contributed by atoms with Crippen molar-refractivity contribution in [3.63, 3.8) is 0 Å². The third kappa shape index (κ3) is 23.5. The Hall–Kier alpha value is 5.73. The summed E-state index contributed by atoms with van der Waals surface area (Å²) in [6.07, 6.45) is 1.47. The van der Waals surface area contributed by atoms with Gasteiger partial charge in [0.05, 0.1) is 22.2 Å². The number of hydrogen-bond donors (Lipinski definition) is 2. The van der Waals surface area contributed by atoms with Gasteiger partial charge in [0.2, 0.25) is 0 Å². The molecule has 0 aliphatic rings. The first kappa shape index (κ1) is 58.8. The standard InChI is InChI=1S/C9H9BrN2O2S.C5H4Br2N2O.C4H2Br2N2O.C3HBr3N2.I2.5HI.2V/c1-3-14-9(13)6-4-5-7(10)11-12(2)8(5)15-6;1-9-5(7)3(2-10)4(6)8-9;5-3-2(1-9)4(6)8-7-3;4-1-2(5)7-8-3(1)6;1-2;;;;;;;/h4H,3H2,1-2H3;2H,1H3;1H,(H,7,8);(H,7,8);;5*1H;;/q;;;;;;;;;;+2;+3/p-5. The Morgan fingerprint density at radius 3 is 1.61 bits per heavy atom. The van der Waals surface area contributed by atoms with Gasteiger partial charge in [-0.2, -0.15) is 20.4 Å². The molecule has 5 aromatic heterocycles. The van der Waals surface area contributed by atoms with Crippen LogP contribution in [-0.2, 0) is 33.2 Å². The van der Waals surface area contributed by atoms with E-state index in [2.05, 4.69) is 295 Å².